The maximum Gasteiger partial charge on any atom is 0.407 e. The van der Waals surface area contributed by atoms with Crippen LogP contribution in [0.25, 0.3) is 0 Å². The molecular formula is C15H23ClN2O5. The number of carbonyl (C=O) groups excluding carboxylic acids is 2. The molecule has 1 amide bonds. The number of amides is 1. The highest BCUT2D eigenvalue weighted by Gasteiger charge is 2.15. The first kappa shape index (κ1) is 21.2. The zero-order chi connectivity index (χ0) is 17.9. The van der Waals surface area contributed by atoms with Gasteiger partial charge in [0.15, 0.2) is 0 Å². The van der Waals surface area contributed by atoms with E-state index >= 15 is 0 Å². The quantitative estimate of drug-likeness (QED) is 0.439. The van der Waals surface area contributed by atoms with Crippen LogP contribution in [0.4, 0.5) is 4.79 Å². The predicted octanol–water partition coefficient (Wildman–Crippen LogP) is 2.83. The van der Waals surface area contributed by atoms with Crippen molar-refractivity contribution in [3.63, 3.8) is 0 Å². The summed E-state index contributed by atoms with van der Waals surface area (Å²) in [6.45, 7) is 6.64. The molecule has 0 fully saturated rings. The van der Waals surface area contributed by atoms with Gasteiger partial charge in [0.05, 0.1) is 5.56 Å². The van der Waals surface area contributed by atoms with E-state index in [0.717, 1.165) is 6.42 Å². The van der Waals surface area contributed by atoms with E-state index < -0.39 is 11.6 Å². The zero-order valence-electron chi connectivity index (χ0n) is 13.5. The maximum atomic E-state index is 11.0. The second-order valence-corrected chi connectivity index (χ2v) is 5.90. The number of carbonyl (C=O) groups is 2. The summed E-state index contributed by atoms with van der Waals surface area (Å²) in [5, 5.41) is 11.0. The van der Waals surface area contributed by atoms with Crippen molar-refractivity contribution in [2.75, 3.05) is 13.1 Å². The lowest BCUT2D eigenvalue weighted by Crippen LogP contribution is -2.33. The van der Waals surface area contributed by atoms with Crippen molar-refractivity contribution in [2.45, 2.75) is 32.8 Å². The van der Waals surface area contributed by atoms with Gasteiger partial charge in [0, 0.05) is 11.6 Å². The van der Waals surface area contributed by atoms with Gasteiger partial charge in [-0.1, -0.05) is 17.7 Å². The third kappa shape index (κ3) is 11.4. The summed E-state index contributed by atoms with van der Waals surface area (Å²) in [6.07, 6.45) is 0.398. The van der Waals surface area contributed by atoms with E-state index in [1.165, 1.54) is 12.1 Å². The van der Waals surface area contributed by atoms with Crippen LogP contribution in [0.2, 0.25) is 5.02 Å². The van der Waals surface area contributed by atoms with E-state index in [-0.39, 0.29) is 11.7 Å². The summed E-state index contributed by atoms with van der Waals surface area (Å²) in [4.78, 5) is 25.1. The molecule has 0 aliphatic carbocycles. The van der Waals surface area contributed by atoms with Crippen molar-refractivity contribution in [1.82, 2.24) is 5.32 Å². The summed E-state index contributed by atoms with van der Waals surface area (Å²) in [5.41, 5.74) is 5.05. The first-order chi connectivity index (χ1) is 10.7. The van der Waals surface area contributed by atoms with E-state index in [1.807, 2.05) is 20.8 Å². The van der Waals surface area contributed by atoms with Gasteiger partial charge in [0.1, 0.15) is 5.60 Å². The van der Waals surface area contributed by atoms with Gasteiger partial charge in [-0.3, -0.25) is 4.89 Å². The first-order valence-corrected chi connectivity index (χ1v) is 7.35. The SMILES string of the molecule is CC(C)(C)OC(=O)NCCCN.O=C(OO)c1cccc(Cl)c1. The van der Waals surface area contributed by atoms with Crippen molar-refractivity contribution in [2.24, 2.45) is 5.73 Å². The Balaban J connectivity index is 0.000000422. The van der Waals surface area contributed by atoms with Crippen molar-refractivity contribution in [3.05, 3.63) is 34.9 Å². The molecule has 0 atom stereocenters. The molecule has 1 aromatic carbocycles. The number of ether oxygens (including phenoxy) is 1. The van der Waals surface area contributed by atoms with Gasteiger partial charge in [-0.15, -0.1) is 0 Å². The Morgan fingerprint density at radius 2 is 2.00 bits per heavy atom. The Morgan fingerprint density at radius 3 is 2.48 bits per heavy atom. The molecular weight excluding hydrogens is 324 g/mol. The van der Waals surface area contributed by atoms with Crippen LogP contribution >= 0.6 is 11.6 Å². The lowest BCUT2D eigenvalue weighted by Gasteiger charge is -2.19. The van der Waals surface area contributed by atoms with Gasteiger partial charge in [-0.25, -0.2) is 9.59 Å². The Labute approximate surface area is 140 Å². The summed E-state index contributed by atoms with van der Waals surface area (Å²) in [6, 6.07) is 6.11. The van der Waals surface area contributed by atoms with Crippen molar-refractivity contribution < 1.29 is 24.5 Å². The van der Waals surface area contributed by atoms with Crippen LogP contribution < -0.4 is 11.1 Å². The largest absolute Gasteiger partial charge is 0.444 e. The average molecular weight is 347 g/mol. The molecule has 0 aromatic heterocycles. The van der Waals surface area contributed by atoms with E-state index in [2.05, 4.69) is 10.2 Å². The van der Waals surface area contributed by atoms with Gasteiger partial charge in [-0.2, -0.15) is 5.26 Å². The van der Waals surface area contributed by atoms with Gasteiger partial charge in [0.2, 0.25) is 0 Å². The molecule has 0 unspecified atom stereocenters. The molecule has 0 heterocycles. The molecule has 0 saturated heterocycles. The number of rotatable bonds is 4. The fraction of sp³-hybridized carbons (Fsp3) is 0.467. The van der Waals surface area contributed by atoms with Crippen LogP contribution in [-0.2, 0) is 9.62 Å². The Hall–Kier alpha value is -1.83. The number of hydrogen-bond acceptors (Lipinski definition) is 6. The Kier molecular flexibility index (Phi) is 9.96. The van der Waals surface area contributed by atoms with Crippen molar-refractivity contribution >= 4 is 23.7 Å². The summed E-state index contributed by atoms with van der Waals surface area (Å²) in [7, 11) is 0. The molecule has 0 saturated carbocycles. The molecule has 0 radical (unpaired) electrons. The summed E-state index contributed by atoms with van der Waals surface area (Å²) in [5.74, 6) is -0.813. The van der Waals surface area contributed by atoms with Crippen molar-refractivity contribution in [1.29, 1.82) is 0 Å². The van der Waals surface area contributed by atoms with Gasteiger partial charge < -0.3 is 15.8 Å². The van der Waals surface area contributed by atoms with Crippen LogP contribution in [-0.4, -0.2) is 36.0 Å². The fourth-order valence-corrected chi connectivity index (χ4v) is 1.47. The van der Waals surface area contributed by atoms with E-state index in [9.17, 15) is 9.59 Å². The monoisotopic (exact) mass is 346 g/mol. The number of hydrogen-bond donors (Lipinski definition) is 3. The summed E-state index contributed by atoms with van der Waals surface area (Å²) >= 11 is 5.56. The van der Waals surface area contributed by atoms with E-state index in [1.54, 1.807) is 12.1 Å². The third-order valence-corrected chi connectivity index (χ3v) is 2.43. The number of nitrogens with two attached hydrogens (primary N) is 1. The molecule has 23 heavy (non-hydrogen) atoms. The molecule has 0 aliphatic heterocycles. The Morgan fingerprint density at radius 1 is 1.35 bits per heavy atom. The third-order valence-electron chi connectivity index (χ3n) is 2.19. The zero-order valence-corrected chi connectivity index (χ0v) is 14.2. The highest BCUT2D eigenvalue weighted by atomic mass is 35.5. The number of benzene rings is 1. The topological polar surface area (TPSA) is 111 Å². The number of halogens is 1. The highest BCUT2D eigenvalue weighted by molar-refractivity contribution is 6.30. The number of alkyl carbamates (subject to hydrolysis) is 1. The van der Waals surface area contributed by atoms with Crippen LogP contribution in [0, 0.1) is 0 Å². The van der Waals surface area contributed by atoms with Crippen LogP contribution in [0.15, 0.2) is 24.3 Å². The van der Waals surface area contributed by atoms with E-state index in [4.69, 9.17) is 27.3 Å². The van der Waals surface area contributed by atoms with E-state index in [0.29, 0.717) is 18.1 Å². The minimum absolute atomic E-state index is 0.222. The molecule has 130 valence electrons. The highest BCUT2D eigenvalue weighted by Crippen LogP contribution is 2.10. The molecule has 0 aliphatic rings. The second kappa shape index (κ2) is 10.8. The molecule has 7 nitrogen and oxygen atoms in total. The first-order valence-electron chi connectivity index (χ1n) is 6.98. The lowest BCUT2D eigenvalue weighted by molar-refractivity contribution is -0.182. The smallest absolute Gasteiger partial charge is 0.407 e. The normalized spacial score (nSPS) is 10.2. The summed E-state index contributed by atoms with van der Waals surface area (Å²) < 4.78 is 4.99. The van der Waals surface area contributed by atoms with Gasteiger partial charge in [0.25, 0.3) is 0 Å². The fourth-order valence-electron chi connectivity index (χ4n) is 1.27. The predicted molar refractivity (Wildman–Crippen MR) is 87.4 cm³/mol. The lowest BCUT2D eigenvalue weighted by atomic mass is 10.2. The Bertz CT molecular complexity index is 503. The molecule has 1 rings (SSSR count). The molecule has 1 aromatic rings. The minimum Gasteiger partial charge on any atom is -0.444 e. The van der Waals surface area contributed by atoms with Gasteiger partial charge >= 0.3 is 12.1 Å². The van der Waals surface area contributed by atoms with Crippen LogP contribution in [0.1, 0.15) is 37.6 Å². The maximum absolute atomic E-state index is 11.0. The van der Waals surface area contributed by atoms with Crippen LogP contribution in [0.3, 0.4) is 0 Å². The molecule has 8 heteroatoms. The van der Waals surface area contributed by atoms with Gasteiger partial charge in [-0.05, 0) is 51.9 Å². The molecule has 0 spiro atoms. The number of nitrogens with one attached hydrogen (secondary N) is 1. The van der Waals surface area contributed by atoms with Crippen molar-refractivity contribution in [3.8, 4) is 0 Å². The van der Waals surface area contributed by atoms with Crippen LogP contribution in [0.5, 0.6) is 0 Å². The average Bonchev–Trinajstić information content (AvgIpc) is 2.45. The standard InChI is InChI=1S/C8H18N2O2.C7H5ClO3/c1-8(2,3)12-7(11)10-6-4-5-9;8-6-3-1-2-5(4-6)7(9)11-10/h4-6,9H2,1-3H3,(H,10,11);1-4,10H. The molecule has 0 bridgehead atoms. The molecule has 4 N–H and O–H groups in total. The minimum atomic E-state index is -0.813. The second-order valence-electron chi connectivity index (χ2n) is 5.46.